The van der Waals surface area contributed by atoms with Crippen LogP contribution in [0.15, 0.2) is 18.2 Å². The molecule has 2 N–H and O–H groups in total. The van der Waals surface area contributed by atoms with Crippen molar-refractivity contribution in [2.24, 2.45) is 17.6 Å². The molecule has 0 amide bonds. The van der Waals surface area contributed by atoms with Gasteiger partial charge in [-0.2, -0.15) is 0 Å². The molecule has 1 aliphatic heterocycles. The number of hydrogen-bond donors (Lipinski definition) is 1. The minimum absolute atomic E-state index is 0.428. The van der Waals surface area contributed by atoms with Crippen molar-refractivity contribution in [1.82, 2.24) is 0 Å². The zero-order valence-corrected chi connectivity index (χ0v) is 12.4. The molecule has 0 aliphatic carbocycles. The Bertz CT molecular complexity index is 462. The molecule has 20 heavy (non-hydrogen) atoms. The van der Waals surface area contributed by atoms with Crippen LogP contribution in [0.5, 0.6) is 0 Å². The van der Waals surface area contributed by atoms with E-state index in [0.717, 1.165) is 36.6 Å². The molecule has 1 heterocycles. The maximum absolute atomic E-state index is 13.9. The van der Waals surface area contributed by atoms with Crippen LogP contribution < -0.4 is 5.73 Å². The maximum atomic E-state index is 13.9. The molecule has 4 heteroatoms. The smallest absolute Gasteiger partial charge is 0.134 e. The highest BCUT2D eigenvalue weighted by Crippen LogP contribution is 2.29. The van der Waals surface area contributed by atoms with Gasteiger partial charge in [-0.05, 0) is 12.1 Å². The van der Waals surface area contributed by atoms with Gasteiger partial charge in [-0.25, -0.2) is 8.78 Å². The van der Waals surface area contributed by atoms with E-state index in [1.807, 2.05) is 0 Å². The van der Waals surface area contributed by atoms with E-state index in [1.165, 1.54) is 6.07 Å². The summed E-state index contributed by atoms with van der Waals surface area (Å²) in [6, 6.07) is 3.92. The molecule has 0 spiro atoms. The van der Waals surface area contributed by atoms with Gasteiger partial charge in [0.05, 0.1) is 19.6 Å². The van der Waals surface area contributed by atoms with E-state index < -0.39 is 11.6 Å². The van der Waals surface area contributed by atoms with Crippen molar-refractivity contribution in [3.05, 3.63) is 35.4 Å². The number of likely N-dealkylation sites (tertiary alicyclic amines) is 1. The molecule has 2 rings (SSSR count). The molecule has 2 nitrogen and oxygen atoms in total. The Labute approximate surface area is 120 Å². The number of quaternary nitrogens is 1. The molecule has 0 bridgehead atoms. The fraction of sp³-hybridized carbons (Fsp3) is 0.625. The fourth-order valence-corrected chi connectivity index (χ4v) is 3.54. The van der Waals surface area contributed by atoms with Crippen molar-refractivity contribution in [3.63, 3.8) is 0 Å². The summed E-state index contributed by atoms with van der Waals surface area (Å²) < 4.78 is 27.8. The summed E-state index contributed by atoms with van der Waals surface area (Å²) in [5, 5.41) is 0. The lowest BCUT2D eigenvalue weighted by Gasteiger charge is -2.36. The van der Waals surface area contributed by atoms with Crippen LogP contribution in [0.3, 0.4) is 0 Å². The van der Waals surface area contributed by atoms with Gasteiger partial charge in [0.15, 0.2) is 0 Å². The first-order valence-corrected chi connectivity index (χ1v) is 7.43. The van der Waals surface area contributed by atoms with Crippen molar-refractivity contribution in [3.8, 4) is 0 Å². The second-order valence-corrected chi connectivity index (χ2v) is 6.61. The van der Waals surface area contributed by atoms with Gasteiger partial charge in [-0.15, -0.1) is 0 Å². The quantitative estimate of drug-likeness (QED) is 0.826. The predicted molar refractivity (Wildman–Crippen MR) is 76.9 cm³/mol. The normalized spacial score (nSPS) is 26.4. The monoisotopic (exact) mass is 283 g/mol. The lowest BCUT2D eigenvalue weighted by Crippen LogP contribution is -2.48. The molecule has 0 radical (unpaired) electrons. The number of rotatable bonds is 5. The predicted octanol–water partition coefficient (Wildman–Crippen LogP) is 2.92. The molecule has 1 saturated heterocycles. The first kappa shape index (κ1) is 15.4. The summed E-state index contributed by atoms with van der Waals surface area (Å²) >= 11 is 0. The summed E-state index contributed by atoms with van der Waals surface area (Å²) in [7, 11) is 0. The molecule has 1 aliphatic rings. The van der Waals surface area contributed by atoms with Crippen LogP contribution in [0, 0.1) is 23.5 Å². The summed E-state index contributed by atoms with van der Waals surface area (Å²) in [5.74, 6) is 0.137. The Balaban J connectivity index is 2.20. The van der Waals surface area contributed by atoms with E-state index in [2.05, 4.69) is 13.8 Å². The van der Waals surface area contributed by atoms with E-state index in [0.29, 0.717) is 30.5 Å². The van der Waals surface area contributed by atoms with Gasteiger partial charge >= 0.3 is 0 Å². The summed E-state index contributed by atoms with van der Waals surface area (Å²) in [6.07, 6.45) is 1.10. The summed E-state index contributed by atoms with van der Waals surface area (Å²) in [6.45, 7) is 8.79. The number of hydrogen-bond acceptors (Lipinski definition) is 1. The third-order valence-corrected chi connectivity index (χ3v) is 4.26. The standard InChI is InChI=1S/C16H25F2N2/c1-12(2)9-20(6-5-13(8-19)10-20)11-14-3-4-15(17)7-16(14)18/h3-4,7,12-13H,5-6,8-11,19H2,1-2H3/q+1/t13-,20?/m0/s1. The van der Waals surface area contributed by atoms with Crippen molar-refractivity contribution in [2.45, 2.75) is 26.8 Å². The average molecular weight is 283 g/mol. The van der Waals surface area contributed by atoms with Crippen LogP contribution in [0.4, 0.5) is 8.78 Å². The highest BCUT2D eigenvalue weighted by molar-refractivity contribution is 5.17. The lowest BCUT2D eigenvalue weighted by molar-refractivity contribution is -0.933. The number of halogens is 2. The Hall–Kier alpha value is -1.00. The number of nitrogens with two attached hydrogens (primary N) is 1. The summed E-state index contributed by atoms with van der Waals surface area (Å²) in [4.78, 5) is 0. The van der Waals surface area contributed by atoms with Crippen LogP contribution in [-0.4, -0.2) is 30.7 Å². The third kappa shape index (κ3) is 3.55. The van der Waals surface area contributed by atoms with Gasteiger partial charge in [0, 0.05) is 36.4 Å². The first-order chi connectivity index (χ1) is 9.44. The maximum Gasteiger partial charge on any atom is 0.134 e. The van der Waals surface area contributed by atoms with Crippen molar-refractivity contribution in [2.75, 3.05) is 26.2 Å². The minimum Gasteiger partial charge on any atom is -0.330 e. The van der Waals surface area contributed by atoms with E-state index in [4.69, 9.17) is 5.73 Å². The van der Waals surface area contributed by atoms with E-state index in [9.17, 15) is 8.78 Å². The van der Waals surface area contributed by atoms with Gasteiger partial charge in [0.2, 0.25) is 0 Å². The molecular weight excluding hydrogens is 258 g/mol. The van der Waals surface area contributed by atoms with Crippen LogP contribution in [0.2, 0.25) is 0 Å². The van der Waals surface area contributed by atoms with E-state index >= 15 is 0 Å². The topological polar surface area (TPSA) is 26.0 Å². The molecule has 0 saturated carbocycles. The first-order valence-electron chi connectivity index (χ1n) is 7.43. The van der Waals surface area contributed by atoms with E-state index in [1.54, 1.807) is 6.07 Å². The van der Waals surface area contributed by atoms with Crippen molar-refractivity contribution in [1.29, 1.82) is 0 Å². The highest BCUT2D eigenvalue weighted by atomic mass is 19.1. The number of nitrogens with zero attached hydrogens (tertiary/aromatic N) is 1. The molecule has 1 fully saturated rings. The molecule has 0 aromatic heterocycles. The van der Waals surface area contributed by atoms with Crippen LogP contribution in [0.1, 0.15) is 25.8 Å². The van der Waals surface area contributed by atoms with E-state index in [-0.39, 0.29) is 0 Å². The largest absolute Gasteiger partial charge is 0.330 e. The van der Waals surface area contributed by atoms with Gasteiger partial charge in [-0.3, -0.25) is 0 Å². The SMILES string of the molecule is CC(C)C[N+]1(Cc2ccc(F)cc2F)CC[C@@H](CN)C1. The van der Waals surface area contributed by atoms with Crippen LogP contribution >= 0.6 is 0 Å². The Morgan fingerprint density at radius 2 is 2.10 bits per heavy atom. The lowest BCUT2D eigenvalue weighted by atomic mass is 10.1. The Morgan fingerprint density at radius 1 is 1.35 bits per heavy atom. The fourth-order valence-electron chi connectivity index (χ4n) is 3.54. The Morgan fingerprint density at radius 3 is 2.65 bits per heavy atom. The molecular formula is C16H25F2N2+. The number of benzene rings is 1. The summed E-state index contributed by atoms with van der Waals surface area (Å²) in [5.41, 5.74) is 6.41. The van der Waals surface area contributed by atoms with Crippen molar-refractivity contribution < 1.29 is 13.3 Å². The molecule has 1 aromatic carbocycles. The third-order valence-electron chi connectivity index (χ3n) is 4.26. The molecule has 1 aromatic rings. The zero-order valence-electron chi connectivity index (χ0n) is 12.4. The van der Waals surface area contributed by atoms with Gasteiger partial charge in [0.25, 0.3) is 0 Å². The Kier molecular flexibility index (Phi) is 4.76. The zero-order chi connectivity index (χ0) is 14.8. The highest BCUT2D eigenvalue weighted by Gasteiger charge is 2.38. The van der Waals surface area contributed by atoms with Gasteiger partial charge in [-0.1, -0.05) is 13.8 Å². The van der Waals surface area contributed by atoms with Crippen LogP contribution in [0.25, 0.3) is 0 Å². The molecule has 2 atom stereocenters. The minimum atomic E-state index is -0.511. The molecule has 1 unspecified atom stereocenters. The average Bonchev–Trinajstić information content (AvgIpc) is 2.75. The van der Waals surface area contributed by atoms with Crippen molar-refractivity contribution >= 4 is 0 Å². The molecule has 112 valence electrons. The van der Waals surface area contributed by atoms with Gasteiger partial charge < -0.3 is 10.2 Å². The van der Waals surface area contributed by atoms with Gasteiger partial charge in [0.1, 0.15) is 18.2 Å². The second-order valence-electron chi connectivity index (χ2n) is 6.61. The van der Waals surface area contributed by atoms with Crippen LogP contribution in [-0.2, 0) is 6.54 Å². The second kappa shape index (κ2) is 6.19.